The topological polar surface area (TPSA) is 369 Å². The van der Waals surface area contributed by atoms with Crippen LogP contribution in [-0.2, 0) is 57.7 Å². The summed E-state index contributed by atoms with van der Waals surface area (Å²) in [5.41, 5.74) is 0.620. The summed E-state index contributed by atoms with van der Waals surface area (Å²) in [4.78, 5) is 73.4. The third-order valence-electron chi connectivity index (χ3n) is 16.8. The highest BCUT2D eigenvalue weighted by Gasteiger charge is 2.54. The number of aromatic amines is 2. The fraction of sp³-hybridized carbons (Fsp3) is 0.683. The highest BCUT2D eigenvalue weighted by Crippen LogP contribution is 2.38. The highest BCUT2D eigenvalue weighted by atomic mass is 16.7. The smallest absolute Gasteiger partial charge is 0.332 e. The number of aromatic nitrogens is 2. The van der Waals surface area contributed by atoms with Crippen molar-refractivity contribution in [2.75, 3.05) is 72.1 Å². The predicted octanol–water partition coefficient (Wildman–Crippen LogP) is -1.09. The van der Waals surface area contributed by atoms with Crippen LogP contribution in [0.2, 0.25) is 0 Å². The fourth-order valence-corrected chi connectivity index (χ4v) is 12.0. The number of nitrogens with one attached hydrogen (secondary N) is 8. The molecule has 2 saturated carbocycles. The lowest BCUT2D eigenvalue weighted by Crippen LogP contribution is -2.65. The molecule has 0 bridgehead atoms. The molecule has 15 atom stereocenters. The van der Waals surface area contributed by atoms with Gasteiger partial charge >= 0.3 is 11.7 Å². The molecule has 14 N–H and O–H groups in total. The van der Waals surface area contributed by atoms with Gasteiger partial charge in [0.15, 0.2) is 18.7 Å². The fourth-order valence-electron chi connectivity index (χ4n) is 12.0. The van der Waals surface area contributed by atoms with Crippen molar-refractivity contribution in [3.8, 4) is 0 Å². The molecule has 2 amide bonds. The lowest BCUT2D eigenvalue weighted by molar-refractivity contribution is -0.353. The molecule has 4 unspecified atom stereocenters. The van der Waals surface area contributed by atoms with E-state index in [1.807, 2.05) is 11.1 Å². The molecule has 3 aliphatic heterocycles. The molecule has 5 fully saturated rings. The minimum Gasteiger partial charge on any atom is -0.479 e. The van der Waals surface area contributed by atoms with Crippen LogP contribution in [0.25, 0.3) is 0 Å². The summed E-state index contributed by atoms with van der Waals surface area (Å²) in [5, 5.41) is 86.0. The standard InChI is InChI=1S/C60H91N9O17/c1-36-48(72)50(74)51(75)58(82-36)86-52-42(66-56(77)43-31-47(71)68-60(80)67-43)29-41(55(76)65-24-23-64-32-38-14-16-39(17-15-38)33-69-26-9-20-62-22-21-61-18-8-19-63-25-27-69)30-44(52)84-59-54(81-35-40-12-6-3-7-13-40)53(49(73)46(34-70)85-59)83-45(57(78)79)28-37-10-4-2-5-11-37/h3,6-7,12-17,31,36-37,41-42,44-46,48-54,58-59,61-64,70,72-75H,2,4-5,8-11,18-30,32-35H2,1H3,(H,65,76)(H,66,77)(H,78,79)(H2,67,68,71,80)/t36-,41?,42?,44?,45-,46+,48+,49-,50+,51-,52?,53-,54+,58-,59+/m0/s1. The van der Waals surface area contributed by atoms with Crippen molar-refractivity contribution in [1.82, 2.24) is 46.8 Å². The summed E-state index contributed by atoms with van der Waals surface area (Å²) in [7, 11) is 0. The van der Waals surface area contributed by atoms with E-state index in [0.717, 1.165) is 115 Å². The van der Waals surface area contributed by atoms with Crippen molar-refractivity contribution in [1.29, 1.82) is 0 Å². The Morgan fingerprint density at radius 3 is 2.16 bits per heavy atom. The molecule has 478 valence electrons. The van der Waals surface area contributed by atoms with Crippen LogP contribution in [0.1, 0.15) is 98.3 Å². The highest BCUT2D eigenvalue weighted by molar-refractivity contribution is 5.92. The number of benzene rings is 2. The number of aliphatic hydroxyl groups is 5. The van der Waals surface area contributed by atoms with Crippen molar-refractivity contribution in [3.05, 3.63) is 104 Å². The minimum absolute atomic E-state index is 0.0273. The molecule has 86 heavy (non-hydrogen) atoms. The van der Waals surface area contributed by atoms with Crippen LogP contribution in [0.3, 0.4) is 0 Å². The van der Waals surface area contributed by atoms with E-state index < -0.39 is 133 Å². The minimum atomic E-state index is -1.87. The molecule has 26 nitrogen and oxygen atoms in total. The van der Waals surface area contributed by atoms with Gasteiger partial charge in [-0.1, -0.05) is 86.7 Å². The van der Waals surface area contributed by atoms with Crippen LogP contribution in [0.4, 0.5) is 0 Å². The number of carbonyl (C=O) groups is 3. The normalized spacial score (nSPS) is 30.8. The number of rotatable bonds is 23. The number of hydrogen-bond acceptors (Lipinski definition) is 21. The molecule has 1 aromatic heterocycles. The van der Waals surface area contributed by atoms with Crippen molar-refractivity contribution < 1.29 is 73.4 Å². The number of H-pyrrole nitrogens is 2. The molecule has 0 radical (unpaired) electrons. The molecular formula is C60H91N9O17. The van der Waals surface area contributed by atoms with Crippen LogP contribution in [0.5, 0.6) is 0 Å². The molecule has 8 rings (SSSR count). The molecule has 5 aliphatic rings. The maximum absolute atomic E-state index is 14.6. The van der Waals surface area contributed by atoms with Crippen molar-refractivity contribution in [3.63, 3.8) is 0 Å². The zero-order valence-corrected chi connectivity index (χ0v) is 49.1. The van der Waals surface area contributed by atoms with Crippen molar-refractivity contribution in [2.45, 2.75) is 177 Å². The molecule has 4 heterocycles. The Balaban J connectivity index is 1.02. The molecule has 26 heteroatoms. The monoisotopic (exact) mass is 1210 g/mol. The van der Waals surface area contributed by atoms with E-state index in [0.29, 0.717) is 18.7 Å². The Morgan fingerprint density at radius 1 is 0.721 bits per heavy atom. The number of aliphatic hydroxyl groups excluding tert-OH is 5. The van der Waals surface area contributed by atoms with E-state index in [-0.39, 0.29) is 38.3 Å². The van der Waals surface area contributed by atoms with Crippen LogP contribution < -0.4 is 43.1 Å². The van der Waals surface area contributed by atoms with Crippen LogP contribution >= 0.6 is 0 Å². The molecule has 2 aromatic carbocycles. The van der Waals surface area contributed by atoms with Gasteiger partial charge in [0.2, 0.25) is 5.91 Å². The van der Waals surface area contributed by atoms with Crippen molar-refractivity contribution in [2.24, 2.45) is 11.8 Å². The Kier molecular flexibility index (Phi) is 26.4. The maximum Gasteiger partial charge on any atom is 0.332 e. The first-order valence-electron chi connectivity index (χ1n) is 30.7. The third-order valence-corrected chi connectivity index (χ3v) is 16.8. The first-order chi connectivity index (χ1) is 41.6. The SMILES string of the molecule is C[C@@H]1O[C@@H](OC2C(NC(=O)c3cc(=O)[nH]c(=O)[nH]3)CC(C(=O)NCCNCc3ccc(CN4CCCNCCNCCCNCC4)cc3)CC2O[C@@H]2O[C@H](CO)[C@H](O)[C@H](O[C@@H](CC3CCCCC3)C(=O)O)[C@H]2OCc2ccccc2)[C@@H](O)[C@H](O)[C@@H]1O. The summed E-state index contributed by atoms with van der Waals surface area (Å²) in [6.07, 6.45) is -13.6. The average Bonchev–Trinajstić information content (AvgIpc) is 2.63. The van der Waals surface area contributed by atoms with Gasteiger partial charge in [-0.2, -0.15) is 0 Å². The lowest BCUT2D eigenvalue weighted by atomic mass is 9.80. The number of ether oxygens (including phenoxy) is 6. The van der Waals surface area contributed by atoms with E-state index >= 15 is 0 Å². The Bertz CT molecular complexity index is 2610. The van der Waals surface area contributed by atoms with E-state index in [1.54, 1.807) is 24.3 Å². The summed E-state index contributed by atoms with van der Waals surface area (Å²) >= 11 is 0. The van der Waals surface area contributed by atoms with E-state index in [2.05, 4.69) is 66.1 Å². The number of carboxylic acids is 1. The number of hydrogen-bond donors (Lipinski definition) is 14. The first-order valence-corrected chi connectivity index (χ1v) is 30.7. The average molecular weight is 1210 g/mol. The Morgan fingerprint density at radius 2 is 1.44 bits per heavy atom. The second kappa shape index (κ2) is 34.0. The number of carboxylic acid groups (broad SMARTS) is 1. The van der Waals surface area contributed by atoms with Gasteiger partial charge in [-0.25, -0.2) is 9.59 Å². The summed E-state index contributed by atoms with van der Waals surface area (Å²) in [6.45, 7) is 10.1. The van der Waals surface area contributed by atoms with Crippen LogP contribution in [0, 0.1) is 11.8 Å². The Hall–Kier alpha value is -5.11. The molecule has 3 aromatic rings. The van der Waals surface area contributed by atoms with Gasteiger partial charge in [-0.05, 0) is 87.8 Å². The lowest BCUT2D eigenvalue weighted by Gasteiger charge is -2.49. The quantitative estimate of drug-likeness (QED) is 0.0502. The second-order valence-corrected chi connectivity index (χ2v) is 23.4. The number of aliphatic carboxylic acids is 1. The van der Waals surface area contributed by atoms with Gasteiger partial charge < -0.3 is 95.9 Å². The third kappa shape index (κ3) is 19.7. The second-order valence-electron chi connectivity index (χ2n) is 23.4. The van der Waals surface area contributed by atoms with Gasteiger partial charge in [-0.15, -0.1) is 0 Å². The van der Waals surface area contributed by atoms with Crippen LogP contribution in [-0.4, -0.2) is 221 Å². The van der Waals surface area contributed by atoms with E-state index in [1.165, 1.54) is 12.5 Å². The van der Waals surface area contributed by atoms with Gasteiger partial charge in [-0.3, -0.25) is 24.3 Å². The molecule has 2 aliphatic carbocycles. The molecule has 3 saturated heterocycles. The van der Waals surface area contributed by atoms with E-state index in [9.17, 15) is 54.6 Å². The number of nitrogens with zero attached hydrogens (tertiary/aromatic N) is 1. The van der Waals surface area contributed by atoms with Gasteiger partial charge in [0.1, 0.15) is 54.5 Å². The zero-order chi connectivity index (χ0) is 61.0. The first kappa shape index (κ1) is 66.8. The Labute approximate surface area is 500 Å². The zero-order valence-electron chi connectivity index (χ0n) is 49.1. The van der Waals surface area contributed by atoms with Gasteiger partial charge in [0.25, 0.3) is 11.5 Å². The molecule has 0 spiro atoms. The van der Waals surface area contributed by atoms with E-state index in [4.69, 9.17) is 28.4 Å². The van der Waals surface area contributed by atoms with Crippen molar-refractivity contribution >= 4 is 17.8 Å². The summed E-state index contributed by atoms with van der Waals surface area (Å²) in [5.74, 6) is -3.69. The predicted molar refractivity (Wildman–Crippen MR) is 312 cm³/mol. The maximum atomic E-state index is 14.6. The summed E-state index contributed by atoms with van der Waals surface area (Å²) in [6, 6.07) is 17.0. The van der Waals surface area contributed by atoms with Gasteiger partial charge in [0, 0.05) is 64.3 Å². The van der Waals surface area contributed by atoms with Gasteiger partial charge in [0.05, 0.1) is 31.5 Å². The largest absolute Gasteiger partial charge is 0.479 e. The number of carbonyl (C=O) groups excluding carboxylic acids is 2. The summed E-state index contributed by atoms with van der Waals surface area (Å²) < 4.78 is 38.5. The number of amides is 2. The van der Waals surface area contributed by atoms with Crippen LogP contribution in [0.15, 0.2) is 70.3 Å². The molecular weight excluding hydrogens is 1120 g/mol.